The molecule has 0 aliphatic carbocycles. The first kappa shape index (κ1) is 39.9. The summed E-state index contributed by atoms with van der Waals surface area (Å²) in [6, 6.07) is 25.6. The summed E-state index contributed by atoms with van der Waals surface area (Å²) in [7, 11) is 3.09. The van der Waals surface area contributed by atoms with Crippen molar-refractivity contribution < 1.29 is 44.8 Å². The smallest absolute Gasteiger partial charge is 0.336 e. The molecule has 0 amide bonds. The normalized spacial score (nSPS) is 11.2. The highest BCUT2D eigenvalue weighted by atomic mass is 16.5. The number of rotatable bonds is 2. The monoisotopic (exact) mass is 846 g/mol. The van der Waals surface area contributed by atoms with Crippen LogP contribution >= 0.6 is 0 Å². The zero-order valence-electron chi connectivity index (χ0n) is 34.2. The average molecular weight is 847 g/mol. The minimum absolute atomic E-state index is 0.319. The molecule has 314 valence electrons. The van der Waals surface area contributed by atoms with E-state index in [4.69, 9.17) is 44.8 Å². The molecule has 12 aromatic rings. The zero-order valence-corrected chi connectivity index (χ0v) is 34.2. The number of fused-ring (bicyclic) bond motifs is 10. The topological polar surface area (TPSA) is 192 Å². The van der Waals surface area contributed by atoms with Gasteiger partial charge in [0.1, 0.15) is 39.2 Å². The highest BCUT2D eigenvalue weighted by Gasteiger charge is 2.16. The first-order valence-corrected chi connectivity index (χ1v) is 19.3. The summed E-state index contributed by atoms with van der Waals surface area (Å²) < 4.78 is 52.5. The number of hydrogen-bond donors (Lipinski definition) is 0. The minimum atomic E-state index is -0.406. The number of methoxy groups -OCH3 is 2. The molecule has 0 spiro atoms. The van der Waals surface area contributed by atoms with Gasteiger partial charge in [0, 0.05) is 51.9 Å². The van der Waals surface area contributed by atoms with Gasteiger partial charge in [-0.15, -0.1) is 0 Å². The van der Waals surface area contributed by atoms with Gasteiger partial charge in [-0.2, -0.15) is 0 Å². The second-order valence-electron chi connectivity index (χ2n) is 14.3. The van der Waals surface area contributed by atoms with E-state index in [0.717, 1.165) is 70.9 Å². The summed E-state index contributed by atoms with van der Waals surface area (Å²) in [6.45, 7) is 5.86. The van der Waals surface area contributed by atoms with Gasteiger partial charge < -0.3 is 44.8 Å². The van der Waals surface area contributed by atoms with Crippen molar-refractivity contribution in [3.05, 3.63) is 174 Å². The standard InChI is InChI=1S/C14H12O3.2C12H8O4.C11H6O3/c1-7-5-11(15)17-14-10(7)4-8(2)13-12(14)9(3)6-16-13;1-14-12-7-2-3-11(13)16-10(7)6-9-8(12)4-5-15-9;1-14-12-10-8(4-5-15-10)6-7-2-3-9(13)16-11(7)12;12-10-4-2-7-1-3-9-8(5-6-13-9)11(7)14-10/h4-6H,1-3H3;2*2-6H,1H3;1-6H. The number of ether oxygens (including phenoxy) is 2. The minimum Gasteiger partial charge on any atom is -0.495 e. The van der Waals surface area contributed by atoms with Crippen LogP contribution in [0.25, 0.3) is 87.8 Å². The van der Waals surface area contributed by atoms with E-state index >= 15 is 0 Å². The number of hydrogen-bond acceptors (Lipinski definition) is 14. The molecule has 0 saturated heterocycles. The third-order valence-electron chi connectivity index (χ3n) is 10.3. The van der Waals surface area contributed by atoms with Crippen molar-refractivity contribution in [2.75, 3.05) is 14.2 Å². The van der Waals surface area contributed by atoms with Crippen LogP contribution in [0.1, 0.15) is 16.7 Å². The summed E-state index contributed by atoms with van der Waals surface area (Å²) in [5.74, 6) is 1.11. The number of furan rings is 4. The van der Waals surface area contributed by atoms with Crippen LogP contribution in [0.2, 0.25) is 0 Å². The van der Waals surface area contributed by atoms with E-state index in [2.05, 4.69) is 0 Å². The fraction of sp³-hybridized carbons (Fsp3) is 0.102. The summed E-state index contributed by atoms with van der Waals surface area (Å²) >= 11 is 0. The molecule has 12 rings (SSSR count). The van der Waals surface area contributed by atoms with Crippen LogP contribution in [0.15, 0.2) is 171 Å². The first-order valence-electron chi connectivity index (χ1n) is 19.3. The van der Waals surface area contributed by atoms with Gasteiger partial charge in [0.25, 0.3) is 0 Å². The first-order chi connectivity index (χ1) is 30.5. The predicted molar refractivity (Wildman–Crippen MR) is 236 cm³/mol. The summed E-state index contributed by atoms with van der Waals surface area (Å²) in [6.07, 6.45) is 6.42. The third-order valence-corrected chi connectivity index (χ3v) is 10.3. The van der Waals surface area contributed by atoms with E-state index < -0.39 is 5.63 Å². The van der Waals surface area contributed by atoms with Gasteiger partial charge >= 0.3 is 22.5 Å². The Morgan fingerprint density at radius 3 is 1.78 bits per heavy atom. The van der Waals surface area contributed by atoms with Crippen molar-refractivity contribution in [1.82, 2.24) is 0 Å². The van der Waals surface area contributed by atoms with Crippen molar-refractivity contribution in [3.8, 4) is 11.5 Å². The third kappa shape index (κ3) is 7.39. The van der Waals surface area contributed by atoms with Crippen molar-refractivity contribution in [2.24, 2.45) is 0 Å². The molecule has 8 aromatic heterocycles. The number of benzene rings is 4. The van der Waals surface area contributed by atoms with Gasteiger partial charge in [0.15, 0.2) is 11.2 Å². The van der Waals surface area contributed by atoms with Crippen LogP contribution < -0.4 is 32.0 Å². The van der Waals surface area contributed by atoms with Gasteiger partial charge in [-0.05, 0) is 98.1 Å². The van der Waals surface area contributed by atoms with E-state index in [1.165, 1.54) is 31.4 Å². The largest absolute Gasteiger partial charge is 0.495 e. The maximum Gasteiger partial charge on any atom is 0.336 e. The van der Waals surface area contributed by atoms with Crippen molar-refractivity contribution in [2.45, 2.75) is 20.8 Å². The Balaban J connectivity index is 0.000000107. The molecule has 8 heterocycles. The average Bonchev–Trinajstić information content (AvgIpc) is 4.11. The lowest BCUT2D eigenvalue weighted by Gasteiger charge is -2.04. The molecule has 14 nitrogen and oxygen atoms in total. The fourth-order valence-corrected chi connectivity index (χ4v) is 7.48. The molecule has 0 aliphatic rings. The number of aryl methyl sites for hydroxylation is 3. The molecule has 0 bridgehead atoms. The van der Waals surface area contributed by atoms with E-state index in [1.807, 2.05) is 57.2 Å². The van der Waals surface area contributed by atoms with E-state index in [-0.39, 0.29) is 16.9 Å². The molecular weight excluding hydrogens is 813 g/mol. The Hall–Kier alpha value is -8.52. The van der Waals surface area contributed by atoms with Gasteiger partial charge in [-0.1, -0.05) is 0 Å². The van der Waals surface area contributed by atoms with Crippen LogP contribution in [0.3, 0.4) is 0 Å². The molecular formula is C49H34O14. The van der Waals surface area contributed by atoms with Gasteiger partial charge in [0.2, 0.25) is 5.75 Å². The highest BCUT2D eigenvalue weighted by molar-refractivity contribution is 6.06. The maximum atomic E-state index is 11.5. The predicted octanol–water partition coefficient (Wildman–Crippen LogP) is 11.1. The molecule has 14 heteroatoms. The highest BCUT2D eigenvalue weighted by Crippen LogP contribution is 2.36. The van der Waals surface area contributed by atoms with Crippen LogP contribution in [-0.4, -0.2) is 14.2 Å². The van der Waals surface area contributed by atoms with Crippen molar-refractivity contribution in [1.29, 1.82) is 0 Å². The maximum absolute atomic E-state index is 11.5. The van der Waals surface area contributed by atoms with Crippen LogP contribution in [-0.2, 0) is 0 Å². The molecule has 0 radical (unpaired) electrons. The summed E-state index contributed by atoms with van der Waals surface area (Å²) in [5, 5.41) is 6.96. The van der Waals surface area contributed by atoms with Crippen LogP contribution in [0.4, 0.5) is 0 Å². The van der Waals surface area contributed by atoms with Crippen molar-refractivity contribution >= 4 is 87.8 Å². The lowest BCUT2D eigenvalue weighted by molar-refractivity contribution is 0.403. The molecule has 63 heavy (non-hydrogen) atoms. The van der Waals surface area contributed by atoms with Gasteiger partial charge in [0.05, 0.1) is 60.8 Å². The molecule has 0 unspecified atom stereocenters. The molecule has 0 fully saturated rings. The van der Waals surface area contributed by atoms with Crippen LogP contribution in [0.5, 0.6) is 11.5 Å². The fourth-order valence-electron chi connectivity index (χ4n) is 7.48. The summed E-state index contributed by atoms with van der Waals surface area (Å²) in [5.41, 5.74) is 6.36. The Kier molecular flexibility index (Phi) is 10.2. The SMILES string of the molecule is COc1c2ccoc2cc2oc(=O)ccc12.COc1c2occc2cc2ccc(=O)oc12.Cc1cc(=O)oc2c1cc(C)c1occ(C)c12.O=c1ccc2ccc3occc3c2o1. The quantitative estimate of drug-likeness (QED) is 0.149. The molecule has 0 atom stereocenters. The Morgan fingerprint density at radius 2 is 1.00 bits per heavy atom. The summed E-state index contributed by atoms with van der Waals surface area (Å²) in [4.78, 5) is 44.8. The van der Waals surface area contributed by atoms with E-state index in [9.17, 15) is 19.2 Å². The Morgan fingerprint density at radius 1 is 0.381 bits per heavy atom. The van der Waals surface area contributed by atoms with E-state index in [1.54, 1.807) is 62.5 Å². The lowest BCUT2D eigenvalue weighted by atomic mass is 10.0. The van der Waals surface area contributed by atoms with Gasteiger partial charge in [-0.25, -0.2) is 19.2 Å². The lowest BCUT2D eigenvalue weighted by Crippen LogP contribution is -1.98. The van der Waals surface area contributed by atoms with Gasteiger partial charge in [-0.3, -0.25) is 0 Å². The Bertz CT molecular complexity index is 3920. The molecule has 0 N–H and O–H groups in total. The van der Waals surface area contributed by atoms with Crippen LogP contribution in [0, 0.1) is 20.8 Å². The zero-order chi connectivity index (χ0) is 43.9. The van der Waals surface area contributed by atoms with Crippen molar-refractivity contribution in [3.63, 3.8) is 0 Å². The second kappa shape index (κ2) is 16.2. The molecule has 0 aliphatic heterocycles. The molecule has 4 aromatic carbocycles. The molecule has 0 saturated carbocycles. The Labute approximate surface area is 352 Å². The van der Waals surface area contributed by atoms with E-state index in [0.29, 0.717) is 45.0 Å². The second-order valence-corrected chi connectivity index (χ2v) is 14.3.